The number of aromatic amines is 1. The van der Waals surface area contributed by atoms with Gasteiger partial charge in [-0.1, -0.05) is 78.9 Å². The Balaban J connectivity index is 1.29. The first kappa shape index (κ1) is 19.6. The lowest BCUT2D eigenvalue weighted by molar-refractivity contribution is -0.132. The highest BCUT2D eigenvalue weighted by Crippen LogP contribution is 2.29. The Labute approximate surface area is 183 Å². The van der Waals surface area contributed by atoms with Crippen molar-refractivity contribution >= 4 is 16.8 Å². The number of carbonyl (C=O) groups is 1. The van der Waals surface area contributed by atoms with E-state index in [-0.39, 0.29) is 11.9 Å². The summed E-state index contributed by atoms with van der Waals surface area (Å²) in [5.74, 6) is 0.209. The maximum atomic E-state index is 13.0. The van der Waals surface area contributed by atoms with E-state index < -0.39 is 0 Å². The number of hydrogen-bond donors (Lipinski definition) is 1. The first-order chi connectivity index (χ1) is 15.3. The Kier molecular flexibility index (Phi) is 5.55. The fourth-order valence-electron chi connectivity index (χ4n) is 4.67. The van der Waals surface area contributed by atoms with Gasteiger partial charge in [-0.3, -0.25) is 9.69 Å². The number of piperazine rings is 1. The van der Waals surface area contributed by atoms with E-state index in [2.05, 4.69) is 82.7 Å². The summed E-state index contributed by atoms with van der Waals surface area (Å²) in [6.07, 6.45) is 2.42. The number of rotatable bonds is 5. The van der Waals surface area contributed by atoms with Crippen LogP contribution in [0.3, 0.4) is 0 Å². The van der Waals surface area contributed by atoms with Gasteiger partial charge >= 0.3 is 0 Å². The summed E-state index contributed by atoms with van der Waals surface area (Å²) in [6, 6.07) is 29.7. The SMILES string of the molecule is O=C(Cc1c[nH]c2ccccc12)N1CCN(C(c2ccccc2)c2ccccc2)CC1. The number of amides is 1. The van der Waals surface area contributed by atoms with Gasteiger partial charge in [0.15, 0.2) is 0 Å². The lowest BCUT2D eigenvalue weighted by atomic mass is 9.96. The van der Waals surface area contributed by atoms with Crippen molar-refractivity contribution in [1.82, 2.24) is 14.8 Å². The second-order valence-electron chi connectivity index (χ2n) is 8.18. The van der Waals surface area contributed by atoms with Gasteiger partial charge in [-0.15, -0.1) is 0 Å². The zero-order chi connectivity index (χ0) is 21.0. The molecule has 4 aromatic rings. The van der Waals surface area contributed by atoms with Gasteiger partial charge in [0, 0.05) is 43.3 Å². The summed E-state index contributed by atoms with van der Waals surface area (Å²) in [6.45, 7) is 3.26. The third-order valence-electron chi connectivity index (χ3n) is 6.28. The molecule has 156 valence electrons. The summed E-state index contributed by atoms with van der Waals surface area (Å²) in [7, 11) is 0. The average molecular weight is 410 g/mol. The van der Waals surface area contributed by atoms with Gasteiger partial charge in [0.2, 0.25) is 5.91 Å². The molecule has 0 atom stereocenters. The summed E-state index contributed by atoms with van der Waals surface area (Å²) < 4.78 is 0. The third-order valence-corrected chi connectivity index (χ3v) is 6.28. The van der Waals surface area contributed by atoms with E-state index in [1.54, 1.807) is 0 Å². The molecule has 0 saturated carbocycles. The smallest absolute Gasteiger partial charge is 0.227 e. The molecule has 31 heavy (non-hydrogen) atoms. The molecule has 1 aliphatic heterocycles. The van der Waals surface area contributed by atoms with Crippen molar-refractivity contribution in [2.24, 2.45) is 0 Å². The summed E-state index contributed by atoms with van der Waals surface area (Å²) >= 11 is 0. The summed E-state index contributed by atoms with van der Waals surface area (Å²) in [5, 5.41) is 1.14. The highest BCUT2D eigenvalue weighted by molar-refractivity contribution is 5.88. The highest BCUT2D eigenvalue weighted by atomic mass is 16.2. The van der Waals surface area contributed by atoms with Crippen LogP contribution in [0, 0.1) is 0 Å². The number of hydrogen-bond acceptors (Lipinski definition) is 2. The van der Waals surface area contributed by atoms with E-state index in [4.69, 9.17) is 0 Å². The number of carbonyl (C=O) groups excluding carboxylic acids is 1. The number of nitrogens with zero attached hydrogens (tertiary/aromatic N) is 2. The molecule has 0 unspecified atom stereocenters. The van der Waals surface area contributed by atoms with Crippen molar-refractivity contribution in [1.29, 1.82) is 0 Å². The molecule has 5 rings (SSSR count). The number of fused-ring (bicyclic) bond motifs is 1. The normalized spacial score (nSPS) is 14.9. The number of benzene rings is 3. The number of aromatic nitrogens is 1. The lowest BCUT2D eigenvalue weighted by Crippen LogP contribution is -2.50. The van der Waals surface area contributed by atoms with Crippen molar-refractivity contribution < 1.29 is 4.79 Å². The molecule has 1 saturated heterocycles. The zero-order valence-corrected chi connectivity index (χ0v) is 17.6. The van der Waals surface area contributed by atoms with E-state index in [1.165, 1.54) is 11.1 Å². The van der Waals surface area contributed by atoms with Crippen molar-refractivity contribution in [2.75, 3.05) is 26.2 Å². The molecule has 0 aliphatic carbocycles. The lowest BCUT2D eigenvalue weighted by Gasteiger charge is -2.39. The van der Waals surface area contributed by atoms with Crippen LogP contribution in [0.4, 0.5) is 0 Å². The maximum absolute atomic E-state index is 13.0. The predicted octanol–water partition coefficient (Wildman–Crippen LogP) is 4.64. The minimum Gasteiger partial charge on any atom is -0.361 e. The van der Waals surface area contributed by atoms with Crippen LogP contribution in [-0.4, -0.2) is 46.9 Å². The van der Waals surface area contributed by atoms with Crippen LogP contribution in [-0.2, 0) is 11.2 Å². The van der Waals surface area contributed by atoms with Gasteiger partial charge in [-0.25, -0.2) is 0 Å². The first-order valence-corrected chi connectivity index (χ1v) is 11.0. The molecule has 0 radical (unpaired) electrons. The molecule has 1 fully saturated rings. The number of nitrogens with one attached hydrogen (secondary N) is 1. The van der Waals surface area contributed by atoms with Crippen LogP contribution < -0.4 is 0 Å². The molecule has 0 bridgehead atoms. The Morgan fingerprint density at radius 3 is 2.00 bits per heavy atom. The number of para-hydroxylation sites is 1. The van der Waals surface area contributed by atoms with Gasteiger partial charge < -0.3 is 9.88 Å². The van der Waals surface area contributed by atoms with Crippen LogP contribution in [0.25, 0.3) is 10.9 Å². The van der Waals surface area contributed by atoms with Gasteiger partial charge in [0.25, 0.3) is 0 Å². The van der Waals surface area contributed by atoms with Crippen LogP contribution in [0.5, 0.6) is 0 Å². The van der Waals surface area contributed by atoms with E-state index in [1.807, 2.05) is 23.2 Å². The molecule has 1 N–H and O–H groups in total. The van der Waals surface area contributed by atoms with Crippen LogP contribution >= 0.6 is 0 Å². The van der Waals surface area contributed by atoms with E-state index in [0.717, 1.165) is 42.6 Å². The van der Waals surface area contributed by atoms with Crippen molar-refractivity contribution in [3.05, 3.63) is 108 Å². The second kappa shape index (κ2) is 8.78. The molecule has 4 nitrogen and oxygen atoms in total. The average Bonchev–Trinajstić information content (AvgIpc) is 3.24. The van der Waals surface area contributed by atoms with Crippen LogP contribution in [0.1, 0.15) is 22.7 Å². The fourth-order valence-corrected chi connectivity index (χ4v) is 4.67. The first-order valence-electron chi connectivity index (χ1n) is 11.0. The quantitative estimate of drug-likeness (QED) is 0.521. The zero-order valence-electron chi connectivity index (χ0n) is 17.6. The van der Waals surface area contributed by atoms with Gasteiger partial charge in [0.05, 0.1) is 12.5 Å². The topological polar surface area (TPSA) is 39.3 Å². The van der Waals surface area contributed by atoms with E-state index in [0.29, 0.717) is 6.42 Å². The Morgan fingerprint density at radius 2 is 1.35 bits per heavy atom. The van der Waals surface area contributed by atoms with Crippen LogP contribution in [0.15, 0.2) is 91.1 Å². The van der Waals surface area contributed by atoms with Crippen molar-refractivity contribution in [2.45, 2.75) is 12.5 Å². The van der Waals surface area contributed by atoms with E-state index in [9.17, 15) is 4.79 Å². The molecule has 1 amide bonds. The third kappa shape index (κ3) is 4.12. The van der Waals surface area contributed by atoms with Crippen molar-refractivity contribution in [3.63, 3.8) is 0 Å². The molecule has 3 aromatic carbocycles. The minimum absolute atomic E-state index is 0.209. The van der Waals surface area contributed by atoms with Gasteiger partial charge in [-0.05, 0) is 22.8 Å². The molecule has 2 heterocycles. The standard InChI is InChI=1S/C27H27N3O/c31-26(19-23-20-28-25-14-8-7-13-24(23)25)29-15-17-30(18-16-29)27(21-9-3-1-4-10-21)22-11-5-2-6-12-22/h1-14,20,27-28H,15-19H2. The van der Waals surface area contributed by atoms with Crippen LogP contribution in [0.2, 0.25) is 0 Å². The summed E-state index contributed by atoms with van der Waals surface area (Å²) in [5.41, 5.74) is 4.76. The monoisotopic (exact) mass is 409 g/mol. The fraction of sp³-hybridized carbons (Fsp3) is 0.222. The Morgan fingerprint density at radius 1 is 0.774 bits per heavy atom. The van der Waals surface area contributed by atoms with Gasteiger partial charge in [0.1, 0.15) is 0 Å². The molecular formula is C27H27N3O. The molecule has 0 spiro atoms. The largest absolute Gasteiger partial charge is 0.361 e. The second-order valence-corrected chi connectivity index (χ2v) is 8.18. The maximum Gasteiger partial charge on any atom is 0.227 e. The highest BCUT2D eigenvalue weighted by Gasteiger charge is 2.28. The Hall–Kier alpha value is -3.37. The van der Waals surface area contributed by atoms with E-state index >= 15 is 0 Å². The molecule has 1 aliphatic rings. The molecule has 4 heteroatoms. The minimum atomic E-state index is 0.209. The number of H-pyrrole nitrogens is 1. The Bertz CT molecular complexity index is 1110. The van der Waals surface area contributed by atoms with Gasteiger partial charge in [-0.2, -0.15) is 0 Å². The molecule has 1 aromatic heterocycles. The molecular weight excluding hydrogens is 382 g/mol. The summed E-state index contributed by atoms with van der Waals surface area (Å²) in [4.78, 5) is 20.8. The predicted molar refractivity (Wildman–Crippen MR) is 125 cm³/mol. The van der Waals surface area contributed by atoms with Crippen molar-refractivity contribution in [3.8, 4) is 0 Å².